The molecule has 0 aromatic heterocycles. The van der Waals surface area contributed by atoms with Gasteiger partial charge in [0.25, 0.3) is 0 Å². The van der Waals surface area contributed by atoms with E-state index in [4.69, 9.17) is 9.47 Å². The summed E-state index contributed by atoms with van der Waals surface area (Å²) in [6.07, 6.45) is 0. The number of amides is 2. The third-order valence-electron chi connectivity index (χ3n) is 3.43. The molecule has 0 aliphatic heterocycles. The summed E-state index contributed by atoms with van der Waals surface area (Å²) in [6, 6.07) is 10.5. The fourth-order valence-corrected chi connectivity index (χ4v) is 2.91. The first-order chi connectivity index (χ1) is 11.4. The van der Waals surface area contributed by atoms with E-state index < -0.39 is 0 Å². The van der Waals surface area contributed by atoms with E-state index in [0.29, 0.717) is 17.2 Å². The van der Waals surface area contributed by atoms with Gasteiger partial charge in [-0.25, -0.2) is 4.79 Å². The number of anilines is 1. The van der Waals surface area contributed by atoms with Crippen LogP contribution in [0.3, 0.4) is 0 Å². The number of hydrogen-bond acceptors (Lipinski definition) is 3. The van der Waals surface area contributed by atoms with E-state index in [1.54, 1.807) is 14.2 Å². The fraction of sp³-hybridized carbons (Fsp3) is 0.235. The second kappa shape index (κ2) is 8.39. The fourth-order valence-electron chi connectivity index (χ4n) is 2.20. The number of urea groups is 1. The van der Waals surface area contributed by atoms with Gasteiger partial charge in [-0.15, -0.1) is 0 Å². The highest BCUT2D eigenvalue weighted by Gasteiger charge is 2.16. The van der Waals surface area contributed by atoms with Crippen molar-refractivity contribution in [3.8, 4) is 11.5 Å². The van der Waals surface area contributed by atoms with Crippen molar-refractivity contribution >= 4 is 43.6 Å². The molecular weight excluding hydrogens is 440 g/mol. The molecule has 2 N–H and O–H groups in total. The summed E-state index contributed by atoms with van der Waals surface area (Å²) in [4.78, 5) is 12.3. The van der Waals surface area contributed by atoms with Crippen LogP contribution in [-0.2, 0) is 0 Å². The normalized spacial score (nSPS) is 11.5. The van der Waals surface area contributed by atoms with Crippen molar-refractivity contribution < 1.29 is 14.3 Å². The molecule has 5 nitrogen and oxygen atoms in total. The van der Waals surface area contributed by atoms with Crippen molar-refractivity contribution in [1.29, 1.82) is 0 Å². The molecule has 2 aromatic rings. The van der Waals surface area contributed by atoms with E-state index >= 15 is 0 Å². The molecule has 0 spiro atoms. The molecular formula is C17H18Br2N2O3. The number of carbonyl (C=O) groups is 1. The van der Waals surface area contributed by atoms with Crippen LogP contribution in [0.15, 0.2) is 45.3 Å². The summed E-state index contributed by atoms with van der Waals surface area (Å²) in [5, 5.41) is 5.71. The lowest BCUT2D eigenvalue weighted by atomic mass is 10.1. The Labute approximate surface area is 158 Å². The predicted molar refractivity (Wildman–Crippen MR) is 102 cm³/mol. The van der Waals surface area contributed by atoms with Gasteiger partial charge in [0.1, 0.15) is 11.5 Å². The van der Waals surface area contributed by atoms with Crippen LogP contribution < -0.4 is 20.1 Å². The lowest BCUT2D eigenvalue weighted by molar-refractivity contribution is 0.249. The van der Waals surface area contributed by atoms with Crippen molar-refractivity contribution in [2.75, 3.05) is 19.5 Å². The Balaban J connectivity index is 2.12. The molecule has 2 amide bonds. The van der Waals surface area contributed by atoms with Gasteiger partial charge in [0, 0.05) is 14.5 Å². The minimum Gasteiger partial charge on any atom is -0.497 e. The molecule has 7 heteroatoms. The summed E-state index contributed by atoms with van der Waals surface area (Å²) in [7, 11) is 3.19. The van der Waals surface area contributed by atoms with Gasteiger partial charge in [0.15, 0.2) is 0 Å². The molecule has 1 atom stereocenters. The van der Waals surface area contributed by atoms with Gasteiger partial charge >= 0.3 is 6.03 Å². The number of nitrogens with one attached hydrogen (secondary N) is 2. The molecule has 1 unspecified atom stereocenters. The molecule has 0 aliphatic carbocycles. The Morgan fingerprint density at radius 1 is 1.08 bits per heavy atom. The predicted octanol–water partition coefficient (Wildman–Crippen LogP) is 5.11. The first-order valence-electron chi connectivity index (χ1n) is 7.19. The minimum absolute atomic E-state index is 0.263. The second-order valence-corrected chi connectivity index (χ2v) is 6.82. The van der Waals surface area contributed by atoms with Gasteiger partial charge in [-0.1, -0.05) is 15.9 Å². The third-order valence-corrected chi connectivity index (χ3v) is 4.61. The highest BCUT2D eigenvalue weighted by Crippen LogP contribution is 2.30. The number of benzene rings is 2. The molecule has 0 heterocycles. The van der Waals surface area contributed by atoms with E-state index in [9.17, 15) is 4.79 Å². The Bertz CT molecular complexity index is 738. The number of rotatable bonds is 5. The number of halogens is 2. The van der Waals surface area contributed by atoms with Crippen LogP contribution >= 0.6 is 31.9 Å². The Kier molecular flexibility index (Phi) is 6.51. The maximum absolute atomic E-state index is 12.3. The lowest BCUT2D eigenvalue weighted by Gasteiger charge is -2.19. The molecule has 2 rings (SSSR count). The van der Waals surface area contributed by atoms with Gasteiger partial charge in [-0.05, 0) is 59.3 Å². The number of carbonyl (C=O) groups excluding carboxylic acids is 1. The molecule has 0 bridgehead atoms. The molecule has 2 aromatic carbocycles. The van der Waals surface area contributed by atoms with Crippen LogP contribution in [0.1, 0.15) is 18.5 Å². The summed E-state index contributed by atoms with van der Waals surface area (Å²) in [5.41, 5.74) is 1.51. The smallest absolute Gasteiger partial charge is 0.319 e. The molecule has 0 radical (unpaired) electrons. The van der Waals surface area contributed by atoms with E-state index in [1.807, 2.05) is 43.3 Å². The molecule has 24 heavy (non-hydrogen) atoms. The highest BCUT2D eigenvalue weighted by molar-refractivity contribution is 9.11. The second-order valence-electron chi connectivity index (χ2n) is 5.05. The van der Waals surface area contributed by atoms with E-state index in [-0.39, 0.29) is 12.1 Å². The average molecular weight is 458 g/mol. The maximum Gasteiger partial charge on any atom is 0.319 e. The molecule has 0 aliphatic rings. The van der Waals surface area contributed by atoms with Gasteiger partial charge in [-0.2, -0.15) is 0 Å². The van der Waals surface area contributed by atoms with Crippen molar-refractivity contribution in [1.82, 2.24) is 5.32 Å². The van der Waals surface area contributed by atoms with E-state index in [2.05, 4.69) is 42.5 Å². The SMILES string of the molecule is COc1ccc(OC)c(C(C)NC(=O)Nc2cc(Br)ccc2Br)c1. The first kappa shape index (κ1) is 18.6. The van der Waals surface area contributed by atoms with E-state index in [1.165, 1.54) is 0 Å². The van der Waals surface area contributed by atoms with Crippen LogP contribution in [0.25, 0.3) is 0 Å². The Morgan fingerprint density at radius 2 is 1.83 bits per heavy atom. The number of hydrogen-bond donors (Lipinski definition) is 2. The number of ether oxygens (including phenoxy) is 2. The number of methoxy groups -OCH3 is 2. The lowest BCUT2D eigenvalue weighted by Crippen LogP contribution is -2.31. The average Bonchev–Trinajstić information content (AvgIpc) is 2.57. The van der Waals surface area contributed by atoms with Gasteiger partial charge in [0.2, 0.25) is 0 Å². The van der Waals surface area contributed by atoms with Crippen molar-refractivity contribution in [3.63, 3.8) is 0 Å². The highest BCUT2D eigenvalue weighted by atomic mass is 79.9. The Hall–Kier alpha value is -1.73. The monoisotopic (exact) mass is 456 g/mol. The van der Waals surface area contributed by atoms with Gasteiger partial charge in [0.05, 0.1) is 25.9 Å². The summed E-state index contributed by atoms with van der Waals surface area (Å²) in [6.45, 7) is 1.88. The zero-order valence-corrected chi connectivity index (χ0v) is 16.7. The quantitative estimate of drug-likeness (QED) is 0.655. The van der Waals surface area contributed by atoms with Crippen LogP contribution in [0.4, 0.5) is 10.5 Å². The van der Waals surface area contributed by atoms with Crippen LogP contribution in [0.5, 0.6) is 11.5 Å². The van der Waals surface area contributed by atoms with Crippen LogP contribution in [0.2, 0.25) is 0 Å². The van der Waals surface area contributed by atoms with E-state index in [0.717, 1.165) is 14.5 Å². The largest absolute Gasteiger partial charge is 0.497 e. The molecule has 0 fully saturated rings. The van der Waals surface area contributed by atoms with Crippen molar-refractivity contribution in [2.45, 2.75) is 13.0 Å². The standard InChI is InChI=1S/C17H18Br2N2O3/c1-10(13-9-12(23-2)5-7-16(13)24-3)20-17(22)21-15-8-11(18)4-6-14(15)19/h4-10H,1-3H3,(H2,20,21,22). The zero-order chi connectivity index (χ0) is 17.7. The van der Waals surface area contributed by atoms with Crippen molar-refractivity contribution in [2.24, 2.45) is 0 Å². The zero-order valence-electron chi connectivity index (χ0n) is 13.5. The van der Waals surface area contributed by atoms with Crippen LogP contribution in [0, 0.1) is 0 Å². The van der Waals surface area contributed by atoms with Crippen LogP contribution in [-0.4, -0.2) is 20.3 Å². The topological polar surface area (TPSA) is 59.6 Å². The maximum atomic E-state index is 12.3. The molecule has 0 saturated carbocycles. The first-order valence-corrected chi connectivity index (χ1v) is 8.77. The van der Waals surface area contributed by atoms with Gasteiger partial charge < -0.3 is 20.1 Å². The summed E-state index contributed by atoms with van der Waals surface area (Å²) in [5.74, 6) is 1.39. The van der Waals surface area contributed by atoms with Crippen molar-refractivity contribution in [3.05, 3.63) is 50.9 Å². The summed E-state index contributed by atoms with van der Waals surface area (Å²) >= 11 is 6.80. The third kappa shape index (κ3) is 4.64. The molecule has 0 saturated heterocycles. The minimum atomic E-state index is -0.314. The summed E-state index contributed by atoms with van der Waals surface area (Å²) < 4.78 is 12.3. The molecule has 128 valence electrons. The van der Waals surface area contributed by atoms with Gasteiger partial charge in [-0.3, -0.25) is 0 Å². The Morgan fingerprint density at radius 3 is 2.50 bits per heavy atom.